The molecule has 1 atom stereocenters. The van der Waals surface area contributed by atoms with Gasteiger partial charge in [-0.05, 0) is 25.0 Å². The van der Waals surface area contributed by atoms with Crippen LogP contribution in [-0.4, -0.2) is 29.3 Å². The van der Waals surface area contributed by atoms with E-state index < -0.39 is 0 Å². The highest BCUT2D eigenvalue weighted by atomic mass is 16.3. The van der Waals surface area contributed by atoms with E-state index in [2.05, 4.69) is 16.0 Å². The fourth-order valence-corrected chi connectivity index (χ4v) is 2.58. The van der Waals surface area contributed by atoms with Gasteiger partial charge in [0.25, 0.3) is 0 Å². The first-order chi connectivity index (χ1) is 9.28. The Kier molecular flexibility index (Phi) is 3.06. The molecular weight excluding hydrogens is 238 g/mol. The molecule has 4 heteroatoms. The number of para-hydroxylation sites is 1. The molecule has 0 spiro atoms. The van der Waals surface area contributed by atoms with Crippen LogP contribution >= 0.6 is 0 Å². The molecule has 1 fully saturated rings. The lowest BCUT2D eigenvalue weighted by molar-refractivity contribution is 0.154. The van der Waals surface area contributed by atoms with E-state index in [0.29, 0.717) is 12.1 Å². The van der Waals surface area contributed by atoms with E-state index in [0.717, 1.165) is 36.1 Å². The van der Waals surface area contributed by atoms with Crippen molar-refractivity contribution in [1.29, 1.82) is 5.26 Å². The molecule has 0 saturated carbocycles. The summed E-state index contributed by atoms with van der Waals surface area (Å²) in [6.45, 7) is 1.48. The van der Waals surface area contributed by atoms with E-state index in [1.807, 2.05) is 30.3 Å². The molecule has 3 rings (SSSR count). The van der Waals surface area contributed by atoms with E-state index in [9.17, 15) is 10.4 Å². The molecule has 0 amide bonds. The van der Waals surface area contributed by atoms with Gasteiger partial charge in [0, 0.05) is 18.5 Å². The van der Waals surface area contributed by atoms with Crippen LogP contribution in [0, 0.1) is 11.3 Å². The van der Waals surface area contributed by atoms with E-state index in [4.69, 9.17) is 0 Å². The smallest absolute Gasteiger partial charge is 0.130 e. The SMILES string of the molecule is N#Cc1cc(N2CCCC(O)C2)nc2ccccc12. The number of nitriles is 1. The molecule has 2 heterocycles. The zero-order valence-corrected chi connectivity index (χ0v) is 10.6. The number of aliphatic hydroxyl groups excluding tert-OH is 1. The highest BCUT2D eigenvalue weighted by Gasteiger charge is 2.19. The molecule has 1 unspecified atom stereocenters. The molecule has 1 aromatic heterocycles. The highest BCUT2D eigenvalue weighted by Crippen LogP contribution is 2.24. The van der Waals surface area contributed by atoms with Crippen molar-refractivity contribution in [2.75, 3.05) is 18.0 Å². The number of pyridine rings is 1. The maximum atomic E-state index is 9.75. The highest BCUT2D eigenvalue weighted by molar-refractivity contribution is 5.86. The molecule has 2 aromatic rings. The summed E-state index contributed by atoms with van der Waals surface area (Å²) in [4.78, 5) is 6.66. The molecule has 19 heavy (non-hydrogen) atoms. The summed E-state index contributed by atoms with van der Waals surface area (Å²) in [5, 5.41) is 19.9. The molecule has 0 bridgehead atoms. The quantitative estimate of drug-likeness (QED) is 0.845. The van der Waals surface area contributed by atoms with Gasteiger partial charge in [-0.3, -0.25) is 0 Å². The summed E-state index contributed by atoms with van der Waals surface area (Å²) in [5.41, 5.74) is 1.47. The number of rotatable bonds is 1. The van der Waals surface area contributed by atoms with Crippen LogP contribution in [0.1, 0.15) is 18.4 Å². The average molecular weight is 253 g/mol. The van der Waals surface area contributed by atoms with Gasteiger partial charge >= 0.3 is 0 Å². The lowest BCUT2D eigenvalue weighted by atomic mass is 10.1. The van der Waals surface area contributed by atoms with Crippen LogP contribution in [0.15, 0.2) is 30.3 Å². The van der Waals surface area contributed by atoms with Gasteiger partial charge in [0.2, 0.25) is 0 Å². The van der Waals surface area contributed by atoms with Crippen LogP contribution in [0.3, 0.4) is 0 Å². The third-order valence-corrected chi connectivity index (χ3v) is 3.54. The molecule has 1 aliphatic rings. The minimum Gasteiger partial charge on any atom is -0.391 e. The Bertz CT molecular complexity index is 647. The molecular formula is C15H15N3O. The number of anilines is 1. The van der Waals surface area contributed by atoms with Crippen molar-refractivity contribution in [3.8, 4) is 6.07 Å². The fraction of sp³-hybridized carbons (Fsp3) is 0.333. The Balaban J connectivity index is 2.07. The predicted octanol–water partition coefficient (Wildman–Crippen LogP) is 2.07. The molecule has 4 nitrogen and oxygen atoms in total. The zero-order valence-electron chi connectivity index (χ0n) is 10.6. The maximum absolute atomic E-state index is 9.75. The number of hydrogen-bond donors (Lipinski definition) is 1. The normalized spacial score (nSPS) is 19.4. The van der Waals surface area contributed by atoms with Crippen LogP contribution in [0.5, 0.6) is 0 Å². The van der Waals surface area contributed by atoms with Crippen LogP contribution in [0.25, 0.3) is 10.9 Å². The van der Waals surface area contributed by atoms with Crippen molar-refractivity contribution in [3.63, 3.8) is 0 Å². The van der Waals surface area contributed by atoms with Gasteiger partial charge < -0.3 is 10.0 Å². The van der Waals surface area contributed by atoms with Crippen molar-refractivity contribution >= 4 is 16.7 Å². The second-order valence-electron chi connectivity index (χ2n) is 4.90. The fourth-order valence-electron chi connectivity index (χ4n) is 2.58. The minimum atomic E-state index is -0.299. The van der Waals surface area contributed by atoms with Gasteiger partial charge in [-0.15, -0.1) is 0 Å². The van der Waals surface area contributed by atoms with Gasteiger partial charge in [0.1, 0.15) is 5.82 Å². The first kappa shape index (κ1) is 11.9. The third-order valence-electron chi connectivity index (χ3n) is 3.54. The lowest BCUT2D eigenvalue weighted by Crippen LogP contribution is -2.38. The molecule has 1 N–H and O–H groups in total. The summed E-state index contributed by atoms with van der Waals surface area (Å²) in [6, 6.07) is 11.7. The summed E-state index contributed by atoms with van der Waals surface area (Å²) in [7, 11) is 0. The molecule has 0 aliphatic carbocycles. The molecule has 1 aromatic carbocycles. The van der Waals surface area contributed by atoms with Crippen LogP contribution in [0.4, 0.5) is 5.82 Å². The number of hydrogen-bond acceptors (Lipinski definition) is 4. The van der Waals surface area contributed by atoms with Gasteiger partial charge in [0.15, 0.2) is 0 Å². The number of piperidine rings is 1. The topological polar surface area (TPSA) is 60.2 Å². The van der Waals surface area contributed by atoms with Crippen molar-refractivity contribution in [2.24, 2.45) is 0 Å². The number of aliphatic hydroxyl groups is 1. The third kappa shape index (κ3) is 2.25. The van der Waals surface area contributed by atoms with Crippen LogP contribution in [-0.2, 0) is 0 Å². The monoisotopic (exact) mass is 253 g/mol. The van der Waals surface area contributed by atoms with Crippen LogP contribution < -0.4 is 4.90 Å². The Hall–Kier alpha value is -2.12. The van der Waals surface area contributed by atoms with E-state index in [-0.39, 0.29) is 6.10 Å². The summed E-state index contributed by atoms with van der Waals surface area (Å²) < 4.78 is 0. The molecule has 0 radical (unpaired) electrons. The first-order valence-corrected chi connectivity index (χ1v) is 6.51. The first-order valence-electron chi connectivity index (χ1n) is 6.51. The van der Waals surface area contributed by atoms with E-state index in [1.165, 1.54) is 0 Å². The predicted molar refractivity (Wildman–Crippen MR) is 73.9 cm³/mol. The molecule has 96 valence electrons. The summed E-state index contributed by atoms with van der Waals surface area (Å²) in [6.07, 6.45) is 1.50. The van der Waals surface area contributed by atoms with E-state index >= 15 is 0 Å². The van der Waals surface area contributed by atoms with Crippen molar-refractivity contribution < 1.29 is 5.11 Å². The average Bonchev–Trinajstić information content (AvgIpc) is 2.46. The van der Waals surface area contributed by atoms with Crippen molar-refractivity contribution in [1.82, 2.24) is 4.98 Å². The van der Waals surface area contributed by atoms with Gasteiger partial charge in [-0.25, -0.2) is 4.98 Å². The second kappa shape index (κ2) is 4.87. The number of nitrogens with zero attached hydrogens (tertiary/aromatic N) is 3. The second-order valence-corrected chi connectivity index (χ2v) is 4.90. The number of benzene rings is 1. The number of β-amino-alcohol motifs (C(OH)–C–C–N with tert-alkyl or cyclic N) is 1. The van der Waals surface area contributed by atoms with Gasteiger partial charge in [-0.2, -0.15) is 5.26 Å². The minimum absolute atomic E-state index is 0.299. The summed E-state index contributed by atoms with van der Waals surface area (Å²) >= 11 is 0. The Morgan fingerprint density at radius 2 is 2.21 bits per heavy atom. The van der Waals surface area contributed by atoms with E-state index in [1.54, 1.807) is 0 Å². The Labute approximate surface area is 111 Å². The van der Waals surface area contributed by atoms with Gasteiger partial charge in [-0.1, -0.05) is 18.2 Å². The largest absolute Gasteiger partial charge is 0.391 e. The Morgan fingerprint density at radius 1 is 1.37 bits per heavy atom. The van der Waals surface area contributed by atoms with Crippen molar-refractivity contribution in [3.05, 3.63) is 35.9 Å². The molecule has 1 aliphatic heterocycles. The van der Waals surface area contributed by atoms with Crippen molar-refractivity contribution in [2.45, 2.75) is 18.9 Å². The molecule has 1 saturated heterocycles. The maximum Gasteiger partial charge on any atom is 0.130 e. The van der Waals surface area contributed by atoms with Crippen LogP contribution in [0.2, 0.25) is 0 Å². The van der Waals surface area contributed by atoms with Gasteiger partial charge in [0.05, 0.1) is 23.3 Å². The summed E-state index contributed by atoms with van der Waals surface area (Å²) in [5.74, 6) is 0.786. The Morgan fingerprint density at radius 3 is 3.00 bits per heavy atom. The zero-order chi connectivity index (χ0) is 13.2. The number of aromatic nitrogens is 1. The number of fused-ring (bicyclic) bond motifs is 1. The standard InChI is InChI=1S/C15H15N3O/c16-9-11-8-15(18-7-3-4-12(19)10-18)17-14-6-2-1-5-13(11)14/h1-2,5-6,8,12,19H,3-4,7,10H2. The lowest BCUT2D eigenvalue weighted by Gasteiger charge is -2.31.